The van der Waals surface area contributed by atoms with Gasteiger partial charge in [-0.2, -0.15) is 0 Å². The minimum Gasteiger partial charge on any atom is -0.356 e. The second-order valence-corrected chi connectivity index (χ2v) is 7.59. The molecule has 1 saturated carbocycles. The molecule has 0 spiro atoms. The highest BCUT2D eigenvalue weighted by atomic mass is 127. The van der Waals surface area contributed by atoms with E-state index in [4.69, 9.17) is 0 Å². The first kappa shape index (κ1) is 22.5. The Labute approximate surface area is 158 Å². The molecule has 1 unspecified atom stereocenters. The number of halogens is 1. The molecule has 3 N–H and O–H groups in total. The number of carbonyl (C=O) groups is 1. The van der Waals surface area contributed by atoms with Gasteiger partial charge in [-0.15, -0.1) is 24.0 Å². The fourth-order valence-electron chi connectivity index (χ4n) is 2.13. The molecular formula is C17H35IN4O. The second-order valence-electron chi connectivity index (χ2n) is 7.59. The predicted octanol–water partition coefficient (Wildman–Crippen LogP) is 3.04. The summed E-state index contributed by atoms with van der Waals surface area (Å²) >= 11 is 0. The zero-order valence-electron chi connectivity index (χ0n) is 15.4. The Balaban J connectivity index is 0.00000484. The van der Waals surface area contributed by atoms with Gasteiger partial charge in [0.2, 0.25) is 5.91 Å². The molecule has 0 aromatic heterocycles. The number of amides is 1. The van der Waals surface area contributed by atoms with Crippen molar-refractivity contribution in [2.24, 2.45) is 10.4 Å². The van der Waals surface area contributed by atoms with Crippen LogP contribution < -0.4 is 16.0 Å². The Morgan fingerprint density at radius 1 is 1.30 bits per heavy atom. The van der Waals surface area contributed by atoms with Crippen LogP contribution in [0.2, 0.25) is 0 Å². The number of rotatable bonds is 8. The molecule has 0 aromatic rings. The first-order chi connectivity index (χ1) is 10.3. The lowest BCUT2D eigenvalue weighted by Crippen LogP contribution is -2.43. The predicted molar refractivity (Wildman–Crippen MR) is 108 cm³/mol. The van der Waals surface area contributed by atoms with Gasteiger partial charge in [0.05, 0.1) is 0 Å². The van der Waals surface area contributed by atoms with E-state index in [2.05, 4.69) is 48.6 Å². The molecule has 1 atom stereocenters. The normalized spacial score (nSPS) is 16.3. The van der Waals surface area contributed by atoms with Crippen molar-refractivity contribution in [1.82, 2.24) is 16.0 Å². The summed E-state index contributed by atoms with van der Waals surface area (Å²) in [4.78, 5) is 15.8. The summed E-state index contributed by atoms with van der Waals surface area (Å²) in [6.45, 7) is 9.74. The summed E-state index contributed by atoms with van der Waals surface area (Å²) < 4.78 is 0. The summed E-state index contributed by atoms with van der Waals surface area (Å²) in [5, 5.41) is 9.70. The molecule has 0 saturated heterocycles. The molecule has 0 aromatic carbocycles. The molecule has 1 fully saturated rings. The molecule has 0 heterocycles. The Morgan fingerprint density at radius 2 is 1.96 bits per heavy atom. The quantitative estimate of drug-likeness (QED) is 0.236. The van der Waals surface area contributed by atoms with Crippen molar-refractivity contribution in [3.8, 4) is 0 Å². The lowest BCUT2D eigenvalue weighted by Gasteiger charge is -2.23. The van der Waals surface area contributed by atoms with Gasteiger partial charge in [0, 0.05) is 32.1 Å². The van der Waals surface area contributed by atoms with Crippen LogP contribution in [0.15, 0.2) is 4.99 Å². The van der Waals surface area contributed by atoms with Crippen LogP contribution in [-0.4, -0.2) is 37.5 Å². The van der Waals surface area contributed by atoms with E-state index in [-0.39, 0.29) is 29.9 Å². The number of aliphatic imine (C=N–C) groups is 1. The SMILES string of the molecule is CN=C(NCCCC(=O)NC1CC1)NC(C)CCC(C)(C)C.I. The first-order valence-electron chi connectivity index (χ1n) is 8.57. The number of nitrogens with one attached hydrogen (secondary N) is 3. The standard InChI is InChI=1S/C17H34N4O.HI/c1-13(10-11-17(2,3)4)20-16(18-5)19-12-6-7-15(22)21-14-8-9-14;/h13-14H,6-12H2,1-5H3,(H,21,22)(H2,18,19,20);1H. The van der Waals surface area contributed by atoms with Crippen molar-refractivity contribution >= 4 is 35.8 Å². The largest absolute Gasteiger partial charge is 0.356 e. The van der Waals surface area contributed by atoms with Crippen LogP contribution in [0.3, 0.4) is 0 Å². The van der Waals surface area contributed by atoms with E-state index >= 15 is 0 Å². The molecule has 136 valence electrons. The fraction of sp³-hybridized carbons (Fsp3) is 0.882. The van der Waals surface area contributed by atoms with Crippen molar-refractivity contribution < 1.29 is 4.79 Å². The average molecular weight is 438 g/mol. The monoisotopic (exact) mass is 438 g/mol. The van der Waals surface area contributed by atoms with Crippen molar-refractivity contribution in [2.45, 2.75) is 78.3 Å². The third kappa shape index (κ3) is 12.5. The number of carbonyl (C=O) groups excluding carboxylic acids is 1. The molecule has 1 rings (SSSR count). The van der Waals surface area contributed by atoms with Crippen LogP contribution >= 0.6 is 24.0 Å². The van der Waals surface area contributed by atoms with E-state index in [1.54, 1.807) is 7.05 Å². The van der Waals surface area contributed by atoms with Gasteiger partial charge in [-0.25, -0.2) is 0 Å². The zero-order valence-corrected chi connectivity index (χ0v) is 17.7. The van der Waals surface area contributed by atoms with Crippen LogP contribution in [0.4, 0.5) is 0 Å². The maximum atomic E-state index is 11.6. The first-order valence-corrected chi connectivity index (χ1v) is 8.57. The lowest BCUT2D eigenvalue weighted by atomic mass is 9.89. The van der Waals surface area contributed by atoms with Crippen LogP contribution in [0.25, 0.3) is 0 Å². The number of guanidine groups is 1. The molecule has 23 heavy (non-hydrogen) atoms. The maximum absolute atomic E-state index is 11.6. The van der Waals surface area contributed by atoms with Crippen molar-refractivity contribution in [3.05, 3.63) is 0 Å². The summed E-state index contributed by atoms with van der Waals surface area (Å²) in [5.74, 6) is 0.995. The van der Waals surface area contributed by atoms with Gasteiger partial charge in [-0.05, 0) is 44.4 Å². The number of hydrogen-bond acceptors (Lipinski definition) is 2. The third-order valence-electron chi connectivity index (χ3n) is 3.75. The third-order valence-corrected chi connectivity index (χ3v) is 3.75. The van der Waals surface area contributed by atoms with Crippen LogP contribution in [0.5, 0.6) is 0 Å². The number of hydrogen-bond donors (Lipinski definition) is 3. The second kappa shape index (κ2) is 11.1. The molecular weight excluding hydrogens is 403 g/mol. The highest BCUT2D eigenvalue weighted by molar-refractivity contribution is 14.0. The van der Waals surface area contributed by atoms with Crippen molar-refractivity contribution in [2.75, 3.05) is 13.6 Å². The van der Waals surface area contributed by atoms with Gasteiger partial charge >= 0.3 is 0 Å². The van der Waals surface area contributed by atoms with E-state index in [1.165, 1.54) is 6.42 Å². The molecule has 0 aliphatic heterocycles. The molecule has 1 aliphatic rings. The van der Waals surface area contributed by atoms with Crippen LogP contribution in [0.1, 0.15) is 66.2 Å². The van der Waals surface area contributed by atoms with Crippen LogP contribution in [-0.2, 0) is 4.79 Å². The van der Waals surface area contributed by atoms with Gasteiger partial charge in [-0.3, -0.25) is 9.79 Å². The topological polar surface area (TPSA) is 65.5 Å². The number of nitrogens with zero attached hydrogens (tertiary/aromatic N) is 1. The molecule has 0 radical (unpaired) electrons. The van der Waals surface area contributed by atoms with E-state index in [1.807, 2.05) is 0 Å². The van der Waals surface area contributed by atoms with Gasteiger partial charge in [0.25, 0.3) is 0 Å². The molecule has 5 nitrogen and oxygen atoms in total. The smallest absolute Gasteiger partial charge is 0.220 e. The van der Waals surface area contributed by atoms with E-state index in [0.717, 1.165) is 38.2 Å². The van der Waals surface area contributed by atoms with Gasteiger partial charge in [-0.1, -0.05) is 20.8 Å². The van der Waals surface area contributed by atoms with E-state index in [9.17, 15) is 4.79 Å². The Bertz CT molecular complexity index is 375. The maximum Gasteiger partial charge on any atom is 0.220 e. The Hall–Kier alpha value is -0.530. The van der Waals surface area contributed by atoms with E-state index < -0.39 is 0 Å². The van der Waals surface area contributed by atoms with Gasteiger partial charge in [0.15, 0.2) is 5.96 Å². The summed E-state index contributed by atoms with van der Waals surface area (Å²) in [6, 6.07) is 0.849. The minimum atomic E-state index is 0. The Kier molecular flexibility index (Phi) is 10.8. The summed E-state index contributed by atoms with van der Waals surface area (Å²) in [7, 11) is 1.78. The van der Waals surface area contributed by atoms with Crippen LogP contribution in [0, 0.1) is 5.41 Å². The van der Waals surface area contributed by atoms with Gasteiger partial charge in [0.1, 0.15) is 0 Å². The lowest BCUT2D eigenvalue weighted by molar-refractivity contribution is -0.121. The highest BCUT2D eigenvalue weighted by Gasteiger charge is 2.22. The Morgan fingerprint density at radius 3 is 2.48 bits per heavy atom. The average Bonchev–Trinajstić information content (AvgIpc) is 3.23. The molecule has 1 aliphatic carbocycles. The fourth-order valence-corrected chi connectivity index (χ4v) is 2.13. The molecule has 0 bridgehead atoms. The minimum absolute atomic E-state index is 0. The molecule has 1 amide bonds. The molecule has 6 heteroatoms. The summed E-state index contributed by atoms with van der Waals surface area (Å²) in [5.41, 5.74) is 0.363. The van der Waals surface area contributed by atoms with Crippen molar-refractivity contribution in [1.29, 1.82) is 0 Å². The van der Waals surface area contributed by atoms with Gasteiger partial charge < -0.3 is 16.0 Å². The zero-order chi connectivity index (χ0) is 16.6. The van der Waals surface area contributed by atoms with E-state index in [0.29, 0.717) is 23.9 Å². The van der Waals surface area contributed by atoms with Crippen molar-refractivity contribution in [3.63, 3.8) is 0 Å². The highest BCUT2D eigenvalue weighted by Crippen LogP contribution is 2.21. The summed E-state index contributed by atoms with van der Waals surface area (Å²) in [6.07, 6.45) is 6.00.